The SMILES string of the molecule is CC(ON=CC(=O)O)c1csc(NC(c2ccccc2)(c2ccccc2)c2ccccc2)n1. The van der Waals surface area contributed by atoms with Gasteiger partial charge in [-0.15, -0.1) is 11.3 Å². The predicted octanol–water partition coefficient (Wildman–Crippen LogP) is 5.70. The van der Waals surface area contributed by atoms with Gasteiger partial charge in [0.2, 0.25) is 0 Å². The van der Waals surface area contributed by atoms with Crippen LogP contribution in [0.25, 0.3) is 0 Å². The van der Waals surface area contributed by atoms with E-state index in [1.54, 1.807) is 6.92 Å². The molecule has 0 saturated heterocycles. The number of aliphatic carboxylic acids is 1. The second-order valence-corrected chi connectivity index (χ2v) is 8.23. The molecule has 4 rings (SSSR count). The minimum Gasteiger partial charge on any atom is -0.477 e. The molecule has 33 heavy (non-hydrogen) atoms. The lowest BCUT2D eigenvalue weighted by Gasteiger charge is -2.36. The van der Waals surface area contributed by atoms with Crippen molar-refractivity contribution in [3.63, 3.8) is 0 Å². The van der Waals surface area contributed by atoms with Crippen LogP contribution in [0.1, 0.15) is 35.4 Å². The van der Waals surface area contributed by atoms with Crippen LogP contribution in [0.5, 0.6) is 0 Å². The first-order valence-corrected chi connectivity index (χ1v) is 11.3. The molecule has 2 N–H and O–H groups in total. The summed E-state index contributed by atoms with van der Waals surface area (Å²) in [4.78, 5) is 20.6. The van der Waals surface area contributed by atoms with Crippen molar-refractivity contribution in [1.82, 2.24) is 4.98 Å². The summed E-state index contributed by atoms with van der Waals surface area (Å²) in [6.45, 7) is 1.77. The van der Waals surface area contributed by atoms with E-state index in [-0.39, 0.29) is 0 Å². The fourth-order valence-corrected chi connectivity index (χ4v) is 4.54. The number of aromatic nitrogens is 1. The van der Waals surface area contributed by atoms with E-state index in [0.717, 1.165) is 16.7 Å². The Kier molecular flexibility index (Phi) is 6.80. The Balaban J connectivity index is 1.77. The highest BCUT2D eigenvalue weighted by Gasteiger charge is 2.37. The molecule has 0 amide bonds. The summed E-state index contributed by atoms with van der Waals surface area (Å²) in [5.74, 6) is -1.17. The number of anilines is 1. The Morgan fingerprint density at radius 2 is 1.45 bits per heavy atom. The molecule has 0 aliphatic carbocycles. The van der Waals surface area contributed by atoms with Crippen molar-refractivity contribution in [3.05, 3.63) is 119 Å². The third-order valence-corrected chi connectivity index (χ3v) is 6.01. The number of carbonyl (C=O) groups is 1. The van der Waals surface area contributed by atoms with Gasteiger partial charge in [-0.3, -0.25) is 0 Å². The number of nitrogens with one attached hydrogen (secondary N) is 1. The van der Waals surface area contributed by atoms with Crippen molar-refractivity contribution in [2.24, 2.45) is 5.16 Å². The van der Waals surface area contributed by atoms with Gasteiger partial charge < -0.3 is 15.3 Å². The second-order valence-electron chi connectivity index (χ2n) is 7.37. The first-order chi connectivity index (χ1) is 16.1. The van der Waals surface area contributed by atoms with Gasteiger partial charge in [0.05, 0.1) is 5.69 Å². The predicted molar refractivity (Wildman–Crippen MR) is 131 cm³/mol. The number of rotatable bonds is 9. The van der Waals surface area contributed by atoms with Crippen LogP contribution in [0.3, 0.4) is 0 Å². The van der Waals surface area contributed by atoms with Crippen LogP contribution < -0.4 is 5.32 Å². The fourth-order valence-electron chi connectivity index (χ4n) is 3.69. The zero-order valence-electron chi connectivity index (χ0n) is 18.0. The van der Waals surface area contributed by atoms with Crippen LogP contribution >= 0.6 is 11.3 Å². The molecule has 166 valence electrons. The molecule has 1 atom stereocenters. The molecule has 1 heterocycles. The van der Waals surface area contributed by atoms with E-state index in [1.165, 1.54) is 11.3 Å². The van der Waals surface area contributed by atoms with Crippen LogP contribution in [0.15, 0.2) is 102 Å². The van der Waals surface area contributed by atoms with Crippen molar-refractivity contribution < 1.29 is 14.7 Å². The lowest BCUT2D eigenvalue weighted by atomic mass is 9.77. The molecule has 1 unspecified atom stereocenters. The van der Waals surface area contributed by atoms with Gasteiger partial charge in [-0.1, -0.05) is 96.2 Å². The molecule has 4 aromatic rings. The summed E-state index contributed by atoms with van der Waals surface area (Å²) < 4.78 is 0. The van der Waals surface area contributed by atoms with Gasteiger partial charge in [-0.05, 0) is 23.6 Å². The van der Waals surface area contributed by atoms with E-state index < -0.39 is 17.6 Å². The third-order valence-electron chi connectivity index (χ3n) is 5.24. The number of hydrogen-bond donors (Lipinski definition) is 2. The van der Waals surface area contributed by atoms with Crippen molar-refractivity contribution in [2.45, 2.75) is 18.6 Å². The lowest BCUT2D eigenvalue weighted by molar-refractivity contribution is -0.129. The van der Waals surface area contributed by atoms with Gasteiger partial charge in [0.25, 0.3) is 0 Å². The molecule has 1 aromatic heterocycles. The number of carboxylic acid groups (broad SMARTS) is 1. The molecule has 7 heteroatoms. The molecule has 0 radical (unpaired) electrons. The molecule has 0 aliphatic heterocycles. The molecule has 0 bridgehead atoms. The van der Waals surface area contributed by atoms with Crippen molar-refractivity contribution in [2.75, 3.05) is 5.32 Å². The summed E-state index contributed by atoms with van der Waals surface area (Å²) in [7, 11) is 0. The number of nitrogens with zero attached hydrogens (tertiary/aromatic N) is 2. The maximum Gasteiger partial charge on any atom is 0.350 e. The topological polar surface area (TPSA) is 83.8 Å². The van der Waals surface area contributed by atoms with Gasteiger partial charge >= 0.3 is 5.97 Å². The maximum atomic E-state index is 10.6. The van der Waals surface area contributed by atoms with Crippen LogP contribution in [0, 0.1) is 0 Å². The van der Waals surface area contributed by atoms with Crippen LogP contribution in [0.2, 0.25) is 0 Å². The maximum absolute atomic E-state index is 10.6. The average Bonchev–Trinajstić information content (AvgIpc) is 3.32. The molecule has 6 nitrogen and oxygen atoms in total. The highest BCUT2D eigenvalue weighted by molar-refractivity contribution is 7.13. The normalized spacial score (nSPS) is 12.4. The standard InChI is InChI=1S/C26H23N3O3S/c1-19(32-27-17-24(30)31)23-18-33-25(28-23)29-26(20-11-5-2-6-12-20,21-13-7-3-8-14-21)22-15-9-4-10-16-22/h2-19H,1H3,(H,28,29)(H,30,31). The van der Waals surface area contributed by atoms with E-state index >= 15 is 0 Å². The van der Waals surface area contributed by atoms with Crippen LogP contribution in [-0.4, -0.2) is 22.3 Å². The fraction of sp³-hybridized carbons (Fsp3) is 0.115. The van der Waals surface area contributed by atoms with Crippen LogP contribution in [0.4, 0.5) is 5.13 Å². The molecular weight excluding hydrogens is 434 g/mol. The van der Waals surface area contributed by atoms with Gasteiger partial charge in [0, 0.05) is 5.38 Å². The number of oxime groups is 1. The highest BCUT2D eigenvalue weighted by atomic mass is 32.1. The van der Waals surface area contributed by atoms with E-state index in [2.05, 4.69) is 46.9 Å². The zero-order chi connectivity index (χ0) is 23.1. The van der Waals surface area contributed by atoms with Crippen molar-refractivity contribution in [1.29, 1.82) is 0 Å². The Bertz CT molecular complexity index is 1110. The summed E-state index contributed by atoms with van der Waals surface area (Å²) >= 11 is 1.46. The average molecular weight is 458 g/mol. The van der Waals surface area contributed by atoms with E-state index in [0.29, 0.717) is 17.0 Å². The Morgan fingerprint density at radius 1 is 0.970 bits per heavy atom. The minimum absolute atomic E-state index is 0.494. The highest BCUT2D eigenvalue weighted by Crippen LogP contribution is 2.40. The number of benzene rings is 3. The smallest absolute Gasteiger partial charge is 0.350 e. The number of hydrogen-bond acceptors (Lipinski definition) is 6. The van der Waals surface area contributed by atoms with Gasteiger partial charge in [-0.25, -0.2) is 9.78 Å². The molecule has 0 aliphatic rings. The first-order valence-electron chi connectivity index (χ1n) is 10.4. The lowest BCUT2D eigenvalue weighted by Crippen LogP contribution is -2.38. The number of carboxylic acids is 1. The minimum atomic E-state index is -1.17. The second kappa shape index (κ2) is 10.1. The molecule has 0 spiro atoms. The zero-order valence-corrected chi connectivity index (χ0v) is 18.8. The van der Waals surface area contributed by atoms with E-state index in [1.807, 2.05) is 60.0 Å². The quantitative estimate of drug-likeness (QED) is 0.191. The summed E-state index contributed by atoms with van der Waals surface area (Å²) in [6.07, 6.45) is 0.222. The third kappa shape index (κ3) is 4.94. The molecular formula is C26H23N3O3S. The van der Waals surface area contributed by atoms with E-state index in [4.69, 9.17) is 14.9 Å². The van der Waals surface area contributed by atoms with Gasteiger partial charge in [0.1, 0.15) is 5.54 Å². The summed E-state index contributed by atoms with van der Waals surface area (Å²) in [6, 6.07) is 30.8. The molecule has 3 aromatic carbocycles. The largest absolute Gasteiger partial charge is 0.477 e. The van der Waals surface area contributed by atoms with E-state index in [9.17, 15) is 4.79 Å². The number of thiazole rings is 1. The molecule has 0 saturated carbocycles. The first kappa shape index (κ1) is 22.2. The van der Waals surface area contributed by atoms with Crippen molar-refractivity contribution >= 4 is 28.7 Å². The Morgan fingerprint density at radius 3 is 1.91 bits per heavy atom. The van der Waals surface area contributed by atoms with Crippen LogP contribution in [-0.2, 0) is 15.2 Å². The Labute approximate surface area is 196 Å². The monoisotopic (exact) mass is 457 g/mol. The molecule has 0 fully saturated rings. The van der Waals surface area contributed by atoms with Gasteiger partial charge in [0.15, 0.2) is 17.5 Å². The summed E-state index contributed by atoms with van der Waals surface area (Å²) in [5.41, 5.74) is 3.22. The van der Waals surface area contributed by atoms with Gasteiger partial charge in [-0.2, -0.15) is 0 Å². The summed E-state index contributed by atoms with van der Waals surface area (Å²) in [5, 5.41) is 18.5. The van der Waals surface area contributed by atoms with Crippen molar-refractivity contribution in [3.8, 4) is 0 Å². The Hall–Kier alpha value is -3.97.